The van der Waals surface area contributed by atoms with Gasteiger partial charge in [-0.15, -0.1) is 0 Å². The van der Waals surface area contributed by atoms with Crippen LogP contribution in [0, 0.1) is 6.20 Å². The van der Waals surface area contributed by atoms with Crippen molar-refractivity contribution >= 4 is 17.0 Å². The van der Waals surface area contributed by atoms with Crippen molar-refractivity contribution in [2.24, 2.45) is 0 Å². The summed E-state index contributed by atoms with van der Waals surface area (Å²) in [6.07, 6.45) is 8.15. The van der Waals surface area contributed by atoms with E-state index in [0.29, 0.717) is 5.95 Å². The van der Waals surface area contributed by atoms with Crippen LogP contribution in [0.4, 0.5) is 5.95 Å². The van der Waals surface area contributed by atoms with Crippen LogP contribution in [0.15, 0.2) is 36.8 Å². The van der Waals surface area contributed by atoms with E-state index in [9.17, 15) is 0 Å². The van der Waals surface area contributed by atoms with Gasteiger partial charge >= 0.3 is 0 Å². The lowest BCUT2D eigenvalue weighted by molar-refractivity contribution is 0.856. The Bertz CT molecular complexity index is 647. The molecule has 5 heteroatoms. The van der Waals surface area contributed by atoms with E-state index in [4.69, 9.17) is 0 Å². The number of fused-ring (bicyclic) bond motifs is 1. The summed E-state index contributed by atoms with van der Waals surface area (Å²) in [4.78, 5) is 15.6. The first-order valence-electron chi connectivity index (χ1n) is 6.27. The third kappa shape index (κ3) is 2.70. The number of H-pyrrole nitrogens is 1. The van der Waals surface area contributed by atoms with E-state index in [-0.39, 0.29) is 0 Å². The number of imidazole rings is 1. The Labute approximate surface area is 111 Å². The Morgan fingerprint density at radius 3 is 3.16 bits per heavy atom. The molecule has 0 fully saturated rings. The summed E-state index contributed by atoms with van der Waals surface area (Å²) in [5, 5.41) is 3.18. The van der Waals surface area contributed by atoms with Crippen LogP contribution in [0.25, 0.3) is 11.0 Å². The van der Waals surface area contributed by atoms with Crippen LogP contribution in [0.5, 0.6) is 0 Å². The SMILES string of the molecule is [c]1ccnc(NCCCc2cccc3[nH]cnc23)n1. The Kier molecular flexibility index (Phi) is 3.36. The Balaban J connectivity index is 1.57. The monoisotopic (exact) mass is 252 g/mol. The Hall–Kier alpha value is -2.43. The summed E-state index contributed by atoms with van der Waals surface area (Å²) in [5.41, 5.74) is 3.42. The van der Waals surface area contributed by atoms with Gasteiger partial charge in [0.05, 0.1) is 23.6 Å². The molecule has 0 saturated heterocycles. The molecule has 3 aromatic rings. The van der Waals surface area contributed by atoms with E-state index in [2.05, 4.69) is 43.6 Å². The average Bonchev–Trinajstić information content (AvgIpc) is 2.94. The number of hydrogen-bond donors (Lipinski definition) is 2. The quantitative estimate of drug-likeness (QED) is 0.683. The second-order valence-corrected chi connectivity index (χ2v) is 4.26. The van der Waals surface area contributed by atoms with E-state index in [1.807, 2.05) is 6.07 Å². The van der Waals surface area contributed by atoms with Crippen molar-refractivity contribution in [3.63, 3.8) is 0 Å². The van der Waals surface area contributed by atoms with Crippen LogP contribution >= 0.6 is 0 Å². The fourth-order valence-electron chi connectivity index (χ4n) is 2.06. The minimum Gasteiger partial charge on any atom is -0.354 e. The van der Waals surface area contributed by atoms with Crippen LogP contribution in [-0.4, -0.2) is 26.5 Å². The van der Waals surface area contributed by atoms with Crippen LogP contribution in [0.1, 0.15) is 12.0 Å². The van der Waals surface area contributed by atoms with E-state index >= 15 is 0 Å². The van der Waals surface area contributed by atoms with E-state index in [1.165, 1.54) is 5.56 Å². The number of anilines is 1. The van der Waals surface area contributed by atoms with E-state index in [1.54, 1.807) is 18.6 Å². The number of para-hydroxylation sites is 1. The standard InChI is InChI=1S/C14H14N5/c1-4-11(13-12(6-1)18-10-19-13)5-2-7-15-14-16-8-3-9-17-14/h1,3-4,6,8,10H,2,5,7H2,(H,18,19)(H,15,16,17). The molecule has 5 nitrogen and oxygen atoms in total. The zero-order valence-corrected chi connectivity index (χ0v) is 10.4. The third-order valence-electron chi connectivity index (χ3n) is 2.96. The molecule has 2 N–H and O–H groups in total. The van der Waals surface area contributed by atoms with Crippen molar-refractivity contribution in [2.75, 3.05) is 11.9 Å². The fraction of sp³-hybridized carbons (Fsp3) is 0.214. The molecule has 0 amide bonds. The van der Waals surface area contributed by atoms with Gasteiger partial charge in [-0.25, -0.2) is 15.0 Å². The largest absolute Gasteiger partial charge is 0.354 e. The lowest BCUT2D eigenvalue weighted by atomic mass is 10.1. The van der Waals surface area contributed by atoms with Gasteiger partial charge < -0.3 is 10.3 Å². The van der Waals surface area contributed by atoms with Crippen molar-refractivity contribution in [1.82, 2.24) is 19.9 Å². The molecule has 0 saturated carbocycles. The summed E-state index contributed by atoms with van der Waals surface area (Å²) >= 11 is 0. The summed E-state index contributed by atoms with van der Waals surface area (Å²) in [6.45, 7) is 0.832. The first-order chi connectivity index (χ1) is 9.43. The minimum atomic E-state index is 0.625. The lowest BCUT2D eigenvalue weighted by Gasteiger charge is -2.04. The maximum atomic E-state index is 4.35. The molecule has 3 rings (SSSR count). The van der Waals surface area contributed by atoms with Gasteiger partial charge in [-0.3, -0.25) is 0 Å². The molecule has 1 aromatic carbocycles. The highest BCUT2D eigenvalue weighted by Gasteiger charge is 2.02. The highest BCUT2D eigenvalue weighted by Crippen LogP contribution is 2.15. The zero-order chi connectivity index (χ0) is 12.9. The van der Waals surface area contributed by atoms with Gasteiger partial charge in [0.2, 0.25) is 5.95 Å². The molecular formula is C14H14N5. The number of nitrogens with zero attached hydrogens (tertiary/aromatic N) is 3. The minimum absolute atomic E-state index is 0.625. The summed E-state index contributed by atoms with van der Waals surface area (Å²) in [7, 11) is 0. The molecule has 95 valence electrons. The number of hydrogen-bond acceptors (Lipinski definition) is 4. The van der Waals surface area contributed by atoms with Crippen LogP contribution in [0.3, 0.4) is 0 Å². The second kappa shape index (κ2) is 5.48. The van der Waals surface area contributed by atoms with Crippen molar-refractivity contribution in [3.05, 3.63) is 48.5 Å². The maximum Gasteiger partial charge on any atom is 0.223 e. The topological polar surface area (TPSA) is 66.5 Å². The number of nitrogens with one attached hydrogen (secondary N) is 2. The first-order valence-corrected chi connectivity index (χ1v) is 6.27. The van der Waals surface area contributed by atoms with E-state index < -0.39 is 0 Å². The number of benzene rings is 1. The van der Waals surface area contributed by atoms with Gasteiger partial charge in [0.1, 0.15) is 0 Å². The molecule has 0 unspecified atom stereocenters. The van der Waals surface area contributed by atoms with Crippen molar-refractivity contribution in [1.29, 1.82) is 0 Å². The van der Waals surface area contributed by atoms with E-state index in [0.717, 1.165) is 30.4 Å². The summed E-state index contributed by atoms with van der Waals surface area (Å²) in [5.74, 6) is 0.625. The normalized spacial score (nSPS) is 10.7. The van der Waals surface area contributed by atoms with Crippen molar-refractivity contribution in [3.8, 4) is 0 Å². The number of aromatic amines is 1. The molecule has 1 radical (unpaired) electrons. The molecule has 0 bridgehead atoms. The molecule has 19 heavy (non-hydrogen) atoms. The van der Waals surface area contributed by atoms with Gasteiger partial charge in [-0.2, -0.15) is 0 Å². The zero-order valence-electron chi connectivity index (χ0n) is 10.4. The summed E-state index contributed by atoms with van der Waals surface area (Å²) < 4.78 is 0. The molecule has 0 aliphatic heterocycles. The lowest BCUT2D eigenvalue weighted by Crippen LogP contribution is -2.06. The molecule has 2 heterocycles. The van der Waals surface area contributed by atoms with Crippen molar-refractivity contribution in [2.45, 2.75) is 12.8 Å². The molecule has 0 spiro atoms. The predicted octanol–water partition coefficient (Wildman–Crippen LogP) is 2.20. The number of rotatable bonds is 5. The first kappa shape index (κ1) is 11.6. The van der Waals surface area contributed by atoms with Crippen LogP contribution in [-0.2, 0) is 6.42 Å². The smallest absolute Gasteiger partial charge is 0.223 e. The number of aryl methyl sites for hydroxylation is 1. The van der Waals surface area contributed by atoms with Gasteiger partial charge in [0.25, 0.3) is 0 Å². The fourth-order valence-corrected chi connectivity index (χ4v) is 2.06. The molecular weight excluding hydrogens is 238 g/mol. The summed E-state index contributed by atoms with van der Waals surface area (Å²) in [6, 6.07) is 7.90. The highest BCUT2D eigenvalue weighted by atomic mass is 15.1. The van der Waals surface area contributed by atoms with Crippen LogP contribution in [0.2, 0.25) is 0 Å². The van der Waals surface area contributed by atoms with Gasteiger partial charge in [-0.05, 0) is 30.5 Å². The van der Waals surface area contributed by atoms with Gasteiger partial charge in [-0.1, -0.05) is 12.1 Å². The molecule has 0 aliphatic rings. The molecule has 0 aliphatic carbocycles. The van der Waals surface area contributed by atoms with Gasteiger partial charge in [0, 0.05) is 12.7 Å². The molecule has 0 atom stereocenters. The second-order valence-electron chi connectivity index (χ2n) is 4.26. The predicted molar refractivity (Wildman–Crippen MR) is 73.8 cm³/mol. The third-order valence-corrected chi connectivity index (χ3v) is 2.96. The Morgan fingerprint density at radius 1 is 1.26 bits per heavy atom. The van der Waals surface area contributed by atoms with Crippen molar-refractivity contribution < 1.29 is 0 Å². The highest BCUT2D eigenvalue weighted by molar-refractivity contribution is 5.78. The number of aromatic nitrogens is 4. The van der Waals surface area contributed by atoms with Crippen LogP contribution < -0.4 is 5.32 Å². The average molecular weight is 252 g/mol. The maximum absolute atomic E-state index is 4.35. The Morgan fingerprint density at radius 2 is 2.26 bits per heavy atom. The molecule has 2 aromatic heterocycles. The van der Waals surface area contributed by atoms with Gasteiger partial charge in [0.15, 0.2) is 0 Å².